The molecule has 4 rings (SSSR count). The summed E-state index contributed by atoms with van der Waals surface area (Å²) in [6.07, 6.45) is -3.81. The number of aromatic nitrogens is 1. The Hall–Kier alpha value is -2.87. The fourth-order valence-corrected chi connectivity index (χ4v) is 3.70. The molecule has 29 heavy (non-hydrogen) atoms. The SMILES string of the molecule is O=c1[nH]c(-c2ccc(F)cc2C(F)(F)F)cc2ccc(N3CCC(O)CC3)cc12. The van der Waals surface area contributed by atoms with Crippen LogP contribution in [-0.4, -0.2) is 29.3 Å². The number of nitrogens with one attached hydrogen (secondary N) is 1. The van der Waals surface area contributed by atoms with Gasteiger partial charge in [0.2, 0.25) is 0 Å². The number of aliphatic hydroxyl groups is 1. The lowest BCUT2D eigenvalue weighted by molar-refractivity contribution is -0.137. The quantitative estimate of drug-likeness (QED) is 0.624. The Kier molecular flexibility index (Phi) is 4.82. The second kappa shape index (κ2) is 7.18. The first-order chi connectivity index (χ1) is 13.7. The van der Waals surface area contributed by atoms with E-state index in [0.717, 1.165) is 17.8 Å². The minimum atomic E-state index is -4.76. The normalized spacial score (nSPS) is 15.8. The molecule has 1 fully saturated rings. The van der Waals surface area contributed by atoms with Gasteiger partial charge in [0, 0.05) is 35.4 Å². The van der Waals surface area contributed by atoms with Gasteiger partial charge in [-0.15, -0.1) is 0 Å². The van der Waals surface area contributed by atoms with Crippen molar-refractivity contribution < 1.29 is 22.7 Å². The number of alkyl halides is 3. The van der Waals surface area contributed by atoms with Gasteiger partial charge in [0.1, 0.15) is 5.82 Å². The molecule has 0 radical (unpaired) electrons. The third-order valence-electron chi connectivity index (χ3n) is 5.24. The van der Waals surface area contributed by atoms with Gasteiger partial charge in [-0.1, -0.05) is 6.07 Å². The van der Waals surface area contributed by atoms with Gasteiger partial charge in [0.05, 0.1) is 11.7 Å². The molecule has 1 saturated heterocycles. The monoisotopic (exact) mass is 406 g/mol. The first-order valence-electron chi connectivity index (χ1n) is 9.19. The van der Waals surface area contributed by atoms with E-state index >= 15 is 0 Å². The predicted octanol–water partition coefficient (Wildman–Crippen LogP) is 4.31. The van der Waals surface area contributed by atoms with E-state index in [9.17, 15) is 27.5 Å². The minimum Gasteiger partial charge on any atom is -0.393 e. The molecule has 2 aromatic carbocycles. The number of pyridine rings is 1. The van der Waals surface area contributed by atoms with E-state index in [1.165, 1.54) is 6.07 Å². The Morgan fingerprint density at radius 3 is 2.45 bits per heavy atom. The highest BCUT2D eigenvalue weighted by Gasteiger charge is 2.34. The lowest BCUT2D eigenvalue weighted by atomic mass is 10.0. The summed E-state index contributed by atoms with van der Waals surface area (Å²) >= 11 is 0. The lowest BCUT2D eigenvalue weighted by Crippen LogP contribution is -2.35. The highest BCUT2D eigenvalue weighted by atomic mass is 19.4. The number of piperidine rings is 1. The van der Waals surface area contributed by atoms with Gasteiger partial charge in [-0.25, -0.2) is 4.39 Å². The number of aliphatic hydroxyl groups excluding tert-OH is 1. The molecule has 0 bridgehead atoms. The highest BCUT2D eigenvalue weighted by Crippen LogP contribution is 2.37. The Balaban J connectivity index is 1.78. The van der Waals surface area contributed by atoms with Crippen molar-refractivity contribution in [3.8, 4) is 11.3 Å². The molecule has 3 aromatic rings. The Morgan fingerprint density at radius 1 is 1.03 bits per heavy atom. The first kappa shape index (κ1) is 19.4. The van der Waals surface area contributed by atoms with E-state index in [0.29, 0.717) is 42.8 Å². The van der Waals surface area contributed by atoms with Gasteiger partial charge in [-0.05, 0) is 54.6 Å². The van der Waals surface area contributed by atoms with Crippen LogP contribution in [0, 0.1) is 5.82 Å². The Labute approximate surface area is 163 Å². The van der Waals surface area contributed by atoms with Crippen LogP contribution < -0.4 is 10.5 Å². The van der Waals surface area contributed by atoms with Crippen molar-refractivity contribution in [2.45, 2.75) is 25.1 Å². The van der Waals surface area contributed by atoms with Crippen LogP contribution >= 0.6 is 0 Å². The van der Waals surface area contributed by atoms with E-state index in [1.54, 1.807) is 18.2 Å². The molecule has 2 N–H and O–H groups in total. The molecular formula is C21H18F4N2O2. The fourth-order valence-electron chi connectivity index (χ4n) is 3.70. The average molecular weight is 406 g/mol. The van der Waals surface area contributed by atoms with Gasteiger partial charge < -0.3 is 15.0 Å². The van der Waals surface area contributed by atoms with Crippen molar-refractivity contribution in [1.82, 2.24) is 4.98 Å². The second-order valence-corrected chi connectivity index (χ2v) is 7.19. The Morgan fingerprint density at radius 2 is 1.76 bits per heavy atom. The zero-order chi connectivity index (χ0) is 20.8. The van der Waals surface area contributed by atoms with Crippen molar-refractivity contribution in [3.05, 3.63) is 64.2 Å². The number of hydrogen-bond donors (Lipinski definition) is 2. The summed E-state index contributed by atoms with van der Waals surface area (Å²) in [5.41, 5.74) is -1.15. The number of aromatic amines is 1. The van der Waals surface area contributed by atoms with E-state index < -0.39 is 23.1 Å². The third-order valence-corrected chi connectivity index (χ3v) is 5.24. The Bertz CT molecular complexity index is 1120. The highest BCUT2D eigenvalue weighted by molar-refractivity contribution is 5.88. The number of H-pyrrole nitrogens is 1. The van der Waals surface area contributed by atoms with Crippen LogP contribution in [0.25, 0.3) is 22.0 Å². The molecule has 8 heteroatoms. The first-order valence-corrected chi connectivity index (χ1v) is 9.19. The van der Waals surface area contributed by atoms with E-state index in [1.807, 2.05) is 0 Å². The molecule has 2 heterocycles. The van der Waals surface area contributed by atoms with Crippen LogP contribution in [0.1, 0.15) is 18.4 Å². The third kappa shape index (κ3) is 3.85. The number of halogens is 4. The fraction of sp³-hybridized carbons (Fsp3) is 0.286. The summed E-state index contributed by atoms with van der Waals surface area (Å²) in [7, 11) is 0. The average Bonchev–Trinajstić information content (AvgIpc) is 2.67. The molecule has 0 aliphatic carbocycles. The maximum atomic E-state index is 13.4. The topological polar surface area (TPSA) is 56.3 Å². The molecule has 1 aliphatic heterocycles. The van der Waals surface area contributed by atoms with Gasteiger partial charge in [-0.3, -0.25) is 4.79 Å². The number of fused-ring (bicyclic) bond motifs is 1. The summed E-state index contributed by atoms with van der Waals surface area (Å²) in [5.74, 6) is -1.000. The standard InChI is InChI=1S/C21H18F4N2O2/c22-13-2-4-16(18(10-13)21(23,24)25)19-9-12-1-3-14(11-17(12)20(29)26-19)27-7-5-15(28)6-8-27/h1-4,9-11,15,28H,5-8H2,(H,26,29). The van der Waals surface area contributed by atoms with Crippen molar-refractivity contribution in [3.63, 3.8) is 0 Å². The van der Waals surface area contributed by atoms with Crippen LogP contribution in [0.2, 0.25) is 0 Å². The molecule has 0 amide bonds. The van der Waals surface area contributed by atoms with Crippen molar-refractivity contribution in [2.75, 3.05) is 18.0 Å². The molecule has 0 spiro atoms. The van der Waals surface area contributed by atoms with Crippen molar-refractivity contribution in [1.29, 1.82) is 0 Å². The maximum absolute atomic E-state index is 13.4. The van der Waals surface area contributed by atoms with Crippen LogP contribution in [0.5, 0.6) is 0 Å². The molecule has 1 aromatic heterocycles. The van der Waals surface area contributed by atoms with E-state index in [4.69, 9.17) is 0 Å². The number of hydrogen-bond acceptors (Lipinski definition) is 3. The molecule has 1 aliphatic rings. The van der Waals surface area contributed by atoms with Gasteiger partial charge in [-0.2, -0.15) is 13.2 Å². The molecule has 0 atom stereocenters. The smallest absolute Gasteiger partial charge is 0.393 e. The van der Waals surface area contributed by atoms with E-state index in [-0.39, 0.29) is 17.4 Å². The molecule has 152 valence electrons. The zero-order valence-corrected chi connectivity index (χ0v) is 15.3. The van der Waals surface area contributed by atoms with Crippen LogP contribution in [0.3, 0.4) is 0 Å². The number of anilines is 1. The van der Waals surface area contributed by atoms with Gasteiger partial charge >= 0.3 is 6.18 Å². The summed E-state index contributed by atoms with van der Waals surface area (Å²) < 4.78 is 53.4. The predicted molar refractivity (Wildman–Crippen MR) is 102 cm³/mol. The largest absolute Gasteiger partial charge is 0.417 e. The van der Waals surface area contributed by atoms with Crippen molar-refractivity contribution in [2.24, 2.45) is 0 Å². The summed E-state index contributed by atoms with van der Waals surface area (Å²) in [6.45, 7) is 1.32. The van der Waals surface area contributed by atoms with Crippen LogP contribution in [0.15, 0.2) is 47.3 Å². The molecular weight excluding hydrogens is 388 g/mol. The maximum Gasteiger partial charge on any atom is 0.417 e. The van der Waals surface area contributed by atoms with E-state index in [2.05, 4.69) is 9.88 Å². The second-order valence-electron chi connectivity index (χ2n) is 7.19. The lowest BCUT2D eigenvalue weighted by Gasteiger charge is -2.31. The zero-order valence-electron chi connectivity index (χ0n) is 15.3. The number of nitrogens with zero attached hydrogens (tertiary/aromatic N) is 1. The van der Waals surface area contributed by atoms with Crippen LogP contribution in [0.4, 0.5) is 23.2 Å². The summed E-state index contributed by atoms with van der Waals surface area (Å²) in [4.78, 5) is 17.2. The molecule has 0 unspecified atom stereocenters. The molecule has 0 saturated carbocycles. The molecule has 4 nitrogen and oxygen atoms in total. The number of rotatable bonds is 2. The summed E-state index contributed by atoms with van der Waals surface area (Å²) in [6, 6.07) is 9.02. The van der Waals surface area contributed by atoms with Crippen molar-refractivity contribution >= 4 is 16.5 Å². The van der Waals surface area contributed by atoms with Gasteiger partial charge in [0.15, 0.2) is 0 Å². The number of benzene rings is 2. The minimum absolute atomic E-state index is 0.0244. The van der Waals surface area contributed by atoms with Crippen LogP contribution in [-0.2, 0) is 6.18 Å². The summed E-state index contributed by atoms with van der Waals surface area (Å²) in [5, 5.41) is 10.5. The van der Waals surface area contributed by atoms with Gasteiger partial charge in [0.25, 0.3) is 5.56 Å².